The number of rotatable bonds is 9. The van der Waals surface area contributed by atoms with Crippen LogP contribution in [-0.2, 0) is 26.0 Å². The molecule has 4 N–H and O–H groups in total. The van der Waals surface area contributed by atoms with E-state index in [0.717, 1.165) is 41.6 Å². The Hall–Kier alpha value is -3.21. The van der Waals surface area contributed by atoms with Crippen molar-refractivity contribution in [1.82, 2.24) is 14.6 Å². The SMILES string of the molecule is Cc1c(C(=O)NCC2(C(N)=O)CCOCC2)cn(-c2ccc(S(=O)(=O)NC(C)(C)C)c3ccccc23)c1CC1CCCCC1. The number of carbonyl (C=O) groups is 2. The Bertz CT molecular complexity index is 1640. The number of benzene rings is 2. The highest BCUT2D eigenvalue weighted by Crippen LogP contribution is 2.35. The minimum atomic E-state index is -3.79. The van der Waals surface area contributed by atoms with Crippen LogP contribution in [0, 0.1) is 18.3 Å². The van der Waals surface area contributed by atoms with Crippen LogP contribution in [0.2, 0.25) is 0 Å². The predicted molar refractivity (Wildman–Crippen MR) is 172 cm³/mol. The van der Waals surface area contributed by atoms with Gasteiger partial charge in [0.2, 0.25) is 15.9 Å². The maximum Gasteiger partial charge on any atom is 0.253 e. The summed E-state index contributed by atoms with van der Waals surface area (Å²) in [7, 11) is -3.79. The molecule has 2 heterocycles. The zero-order valence-electron chi connectivity index (χ0n) is 26.4. The van der Waals surface area contributed by atoms with Gasteiger partial charge in [-0.1, -0.05) is 56.4 Å². The summed E-state index contributed by atoms with van der Waals surface area (Å²) >= 11 is 0. The van der Waals surface area contributed by atoms with Crippen LogP contribution in [0.25, 0.3) is 16.5 Å². The second kappa shape index (κ2) is 12.7. The van der Waals surface area contributed by atoms with Gasteiger partial charge in [0.25, 0.3) is 5.91 Å². The molecule has 0 atom stereocenters. The van der Waals surface area contributed by atoms with Gasteiger partial charge >= 0.3 is 0 Å². The normalized spacial score (nSPS) is 17.9. The molecule has 2 fully saturated rings. The quantitative estimate of drug-likeness (QED) is 0.304. The number of fused-ring (bicyclic) bond motifs is 1. The lowest BCUT2D eigenvalue weighted by Crippen LogP contribution is -2.49. The van der Waals surface area contributed by atoms with E-state index in [4.69, 9.17) is 10.5 Å². The summed E-state index contributed by atoms with van der Waals surface area (Å²) in [5.74, 6) is -0.165. The summed E-state index contributed by atoms with van der Waals surface area (Å²) in [6.45, 7) is 8.47. The highest BCUT2D eigenvalue weighted by atomic mass is 32.2. The Labute approximate surface area is 261 Å². The molecule has 238 valence electrons. The Morgan fingerprint density at radius 1 is 1.02 bits per heavy atom. The van der Waals surface area contributed by atoms with Crippen molar-refractivity contribution in [3.05, 3.63) is 59.4 Å². The lowest BCUT2D eigenvalue weighted by molar-refractivity contribution is -0.132. The molecule has 0 radical (unpaired) electrons. The van der Waals surface area contributed by atoms with Gasteiger partial charge in [-0.25, -0.2) is 13.1 Å². The standard InChI is InChI=1S/C34H46N4O5S/c1-23-27(31(39)36-22-34(32(35)40)16-18-43-19-17-34)21-38(29(23)20-24-10-6-5-7-11-24)28-14-15-30(26-13-9-8-12-25(26)28)44(41,42)37-33(2,3)4/h8-9,12-15,21,24,37H,5-7,10-11,16-20,22H2,1-4H3,(H2,35,40)(H,36,39). The summed E-state index contributed by atoms with van der Waals surface area (Å²) < 4.78 is 37.2. The van der Waals surface area contributed by atoms with Crippen LogP contribution >= 0.6 is 0 Å². The number of amides is 2. The number of hydrogen-bond acceptors (Lipinski definition) is 5. The summed E-state index contributed by atoms with van der Waals surface area (Å²) in [4.78, 5) is 26.4. The van der Waals surface area contributed by atoms with Crippen molar-refractivity contribution in [2.75, 3.05) is 19.8 Å². The summed E-state index contributed by atoms with van der Waals surface area (Å²) in [5, 5.41) is 4.42. The Kier molecular flexibility index (Phi) is 9.26. The first-order valence-electron chi connectivity index (χ1n) is 15.7. The van der Waals surface area contributed by atoms with E-state index in [-0.39, 0.29) is 17.3 Å². The van der Waals surface area contributed by atoms with Crippen molar-refractivity contribution < 1.29 is 22.7 Å². The third-order valence-electron chi connectivity index (χ3n) is 9.25. The molecule has 2 aromatic carbocycles. The smallest absolute Gasteiger partial charge is 0.253 e. The number of nitrogens with two attached hydrogens (primary N) is 1. The van der Waals surface area contributed by atoms with Crippen molar-refractivity contribution >= 4 is 32.6 Å². The fraction of sp³-hybridized carbons (Fsp3) is 0.529. The minimum Gasteiger partial charge on any atom is -0.381 e. The second-order valence-electron chi connectivity index (χ2n) is 13.6. The van der Waals surface area contributed by atoms with Gasteiger partial charge < -0.3 is 20.4 Å². The molecule has 0 unspecified atom stereocenters. The molecule has 10 heteroatoms. The van der Waals surface area contributed by atoms with Crippen molar-refractivity contribution in [2.24, 2.45) is 17.1 Å². The molecule has 0 bridgehead atoms. The average Bonchev–Trinajstić information content (AvgIpc) is 3.30. The lowest BCUT2D eigenvalue weighted by atomic mass is 9.79. The molecule has 1 aromatic heterocycles. The van der Waals surface area contributed by atoms with Crippen molar-refractivity contribution in [2.45, 2.75) is 89.5 Å². The topological polar surface area (TPSA) is 133 Å². The van der Waals surface area contributed by atoms with Crippen LogP contribution in [0.5, 0.6) is 0 Å². The van der Waals surface area contributed by atoms with Crippen molar-refractivity contribution in [1.29, 1.82) is 0 Å². The largest absolute Gasteiger partial charge is 0.381 e. The number of ether oxygens (including phenoxy) is 1. The molecule has 2 aliphatic rings. The first kappa shape index (κ1) is 32.2. The molecule has 1 saturated heterocycles. The number of primary amides is 1. The number of hydrogen-bond donors (Lipinski definition) is 3. The van der Waals surface area contributed by atoms with E-state index in [1.54, 1.807) is 6.07 Å². The average molecular weight is 623 g/mol. The van der Waals surface area contributed by atoms with Crippen molar-refractivity contribution in [3.8, 4) is 5.69 Å². The Morgan fingerprint density at radius 3 is 2.32 bits per heavy atom. The van der Waals surface area contributed by atoms with Crippen LogP contribution in [0.3, 0.4) is 0 Å². The van der Waals surface area contributed by atoms with Gasteiger partial charge in [-0.15, -0.1) is 0 Å². The van der Waals surface area contributed by atoms with Gasteiger partial charge in [0.05, 0.1) is 21.6 Å². The van der Waals surface area contributed by atoms with Gasteiger partial charge in [0.15, 0.2) is 0 Å². The molecule has 1 aliphatic carbocycles. The van der Waals surface area contributed by atoms with Crippen LogP contribution < -0.4 is 15.8 Å². The van der Waals surface area contributed by atoms with Gasteiger partial charge in [-0.05, 0) is 70.6 Å². The van der Waals surface area contributed by atoms with Crippen LogP contribution in [-0.4, -0.2) is 50.1 Å². The van der Waals surface area contributed by atoms with E-state index >= 15 is 0 Å². The molecule has 2 amide bonds. The molecule has 0 spiro atoms. The van der Waals surface area contributed by atoms with Gasteiger partial charge in [0.1, 0.15) is 0 Å². The zero-order chi connectivity index (χ0) is 31.7. The third kappa shape index (κ3) is 6.72. The molecule has 5 rings (SSSR count). The number of aromatic nitrogens is 1. The highest BCUT2D eigenvalue weighted by molar-refractivity contribution is 7.89. The van der Waals surface area contributed by atoms with E-state index < -0.39 is 26.9 Å². The van der Waals surface area contributed by atoms with Gasteiger partial charge in [-0.2, -0.15) is 0 Å². The lowest BCUT2D eigenvalue weighted by Gasteiger charge is -2.34. The van der Waals surface area contributed by atoms with Crippen molar-refractivity contribution in [3.63, 3.8) is 0 Å². The van der Waals surface area contributed by atoms with E-state index in [0.29, 0.717) is 42.9 Å². The molecule has 9 nitrogen and oxygen atoms in total. The van der Waals surface area contributed by atoms with Crippen LogP contribution in [0.4, 0.5) is 0 Å². The first-order chi connectivity index (χ1) is 20.8. The molecule has 44 heavy (non-hydrogen) atoms. The fourth-order valence-corrected chi connectivity index (χ4v) is 8.41. The number of nitrogens with one attached hydrogen (secondary N) is 2. The number of nitrogens with zero attached hydrogens (tertiary/aromatic N) is 1. The van der Waals surface area contributed by atoms with Gasteiger partial charge in [-0.3, -0.25) is 9.59 Å². The summed E-state index contributed by atoms with van der Waals surface area (Å²) in [5.41, 5.74) is 7.64. The molecule has 3 aromatic rings. The molecular weight excluding hydrogens is 576 g/mol. The number of sulfonamides is 1. The Morgan fingerprint density at radius 2 is 1.68 bits per heavy atom. The first-order valence-corrected chi connectivity index (χ1v) is 17.2. The molecule has 1 saturated carbocycles. The van der Waals surface area contributed by atoms with E-state index in [2.05, 4.69) is 14.6 Å². The van der Waals surface area contributed by atoms with E-state index in [9.17, 15) is 18.0 Å². The Balaban J connectivity index is 1.57. The maximum atomic E-state index is 13.7. The second-order valence-corrected chi connectivity index (χ2v) is 15.3. The van der Waals surface area contributed by atoms with Crippen LogP contribution in [0.15, 0.2) is 47.5 Å². The fourth-order valence-electron chi connectivity index (χ4n) is 6.78. The number of carbonyl (C=O) groups excluding carboxylic acids is 2. The molecular formula is C34H46N4O5S. The molecule has 1 aliphatic heterocycles. The van der Waals surface area contributed by atoms with Gasteiger partial charge in [0, 0.05) is 48.0 Å². The summed E-state index contributed by atoms with van der Waals surface area (Å²) in [6, 6.07) is 11.0. The summed E-state index contributed by atoms with van der Waals surface area (Å²) in [6.07, 6.45) is 9.58. The monoisotopic (exact) mass is 622 g/mol. The van der Waals surface area contributed by atoms with Crippen LogP contribution in [0.1, 0.15) is 87.3 Å². The third-order valence-corrected chi connectivity index (χ3v) is 11.1. The zero-order valence-corrected chi connectivity index (χ0v) is 27.2. The van der Waals surface area contributed by atoms with E-state index in [1.165, 1.54) is 19.3 Å². The van der Waals surface area contributed by atoms with E-state index in [1.807, 2.05) is 64.2 Å². The predicted octanol–water partition coefficient (Wildman–Crippen LogP) is 5.15. The maximum absolute atomic E-state index is 13.7. The minimum absolute atomic E-state index is 0.156. The highest BCUT2D eigenvalue weighted by Gasteiger charge is 2.39.